The second-order valence-electron chi connectivity index (χ2n) is 7.06. The minimum atomic E-state index is -0.532. The topological polar surface area (TPSA) is 112 Å². The van der Waals surface area contributed by atoms with E-state index in [0.717, 1.165) is 19.3 Å². The van der Waals surface area contributed by atoms with Gasteiger partial charge in [0.15, 0.2) is 11.5 Å². The molecule has 8 heteroatoms. The molecule has 2 aromatic carbocycles. The van der Waals surface area contributed by atoms with Crippen LogP contribution in [0.3, 0.4) is 0 Å². The number of anilines is 1. The highest BCUT2D eigenvalue weighted by Crippen LogP contribution is 2.43. The predicted octanol–water partition coefficient (Wildman–Crippen LogP) is 2.61. The molecular formula is C22H27FN4O3. The molecule has 30 heavy (non-hydrogen) atoms. The van der Waals surface area contributed by atoms with E-state index >= 15 is 0 Å². The highest BCUT2D eigenvalue weighted by atomic mass is 19.1. The number of nitrogen functional groups attached to an aromatic ring is 1. The van der Waals surface area contributed by atoms with Gasteiger partial charge in [0.05, 0.1) is 25.6 Å². The maximum absolute atomic E-state index is 14.9. The first-order valence-electron chi connectivity index (χ1n) is 9.71. The number of rotatable bonds is 7. The fourth-order valence-corrected chi connectivity index (χ4v) is 3.51. The monoisotopic (exact) mass is 414 g/mol. The number of hydrogen-bond donors (Lipinski definition) is 4. The molecule has 0 heterocycles. The molecule has 1 saturated carbocycles. The third kappa shape index (κ3) is 3.85. The molecule has 0 unspecified atom stereocenters. The van der Waals surface area contributed by atoms with Crippen LogP contribution in [0.2, 0.25) is 0 Å². The second kappa shape index (κ2) is 8.94. The Morgan fingerprint density at radius 2 is 1.90 bits per heavy atom. The van der Waals surface area contributed by atoms with Gasteiger partial charge in [0.25, 0.3) is 5.91 Å². The van der Waals surface area contributed by atoms with Gasteiger partial charge in [-0.25, -0.2) is 4.39 Å². The smallest absolute Gasteiger partial charge is 0.269 e. The lowest BCUT2D eigenvalue weighted by molar-refractivity contribution is -0.118. The summed E-state index contributed by atoms with van der Waals surface area (Å²) in [7, 11) is 4.61. The SMILES string of the molecule is CN/C(=C(/N)C(=O)NC1CCC1)c1ccc(F)c(-c2cccc(OC)c2OC)c1N. The van der Waals surface area contributed by atoms with Crippen molar-refractivity contribution in [2.75, 3.05) is 27.0 Å². The first-order valence-corrected chi connectivity index (χ1v) is 9.71. The Bertz CT molecular complexity index is 987. The summed E-state index contributed by atoms with van der Waals surface area (Å²) in [6.07, 6.45) is 2.96. The van der Waals surface area contributed by atoms with Gasteiger partial charge in [0.1, 0.15) is 11.5 Å². The highest BCUT2D eigenvalue weighted by molar-refractivity contribution is 6.02. The second-order valence-corrected chi connectivity index (χ2v) is 7.06. The fourth-order valence-electron chi connectivity index (χ4n) is 3.51. The van der Waals surface area contributed by atoms with Crippen molar-refractivity contribution in [3.63, 3.8) is 0 Å². The minimum absolute atomic E-state index is 0.00809. The zero-order chi connectivity index (χ0) is 21.8. The lowest BCUT2D eigenvalue weighted by Gasteiger charge is -2.27. The van der Waals surface area contributed by atoms with Crippen molar-refractivity contribution in [3.05, 3.63) is 47.4 Å². The van der Waals surface area contributed by atoms with E-state index in [1.807, 2.05) is 0 Å². The van der Waals surface area contributed by atoms with E-state index in [9.17, 15) is 9.18 Å². The lowest BCUT2D eigenvalue weighted by atomic mass is 9.93. The molecule has 0 saturated heterocycles. The molecular weight excluding hydrogens is 387 g/mol. The molecule has 0 atom stereocenters. The molecule has 0 bridgehead atoms. The van der Waals surface area contributed by atoms with Crippen LogP contribution in [0.4, 0.5) is 10.1 Å². The summed E-state index contributed by atoms with van der Waals surface area (Å²) in [5.41, 5.74) is 14.0. The van der Waals surface area contributed by atoms with Crippen LogP contribution in [0.5, 0.6) is 11.5 Å². The van der Waals surface area contributed by atoms with E-state index in [4.69, 9.17) is 20.9 Å². The number of benzene rings is 2. The van der Waals surface area contributed by atoms with Crippen molar-refractivity contribution in [3.8, 4) is 22.6 Å². The normalized spacial score (nSPS) is 14.4. The molecule has 7 nitrogen and oxygen atoms in total. The van der Waals surface area contributed by atoms with Gasteiger partial charge in [-0.1, -0.05) is 12.1 Å². The van der Waals surface area contributed by atoms with E-state index in [1.165, 1.54) is 26.4 Å². The standard InChI is InChI=1S/C22H27FN4O3/c1-26-20(19(25)22(28)27-12-6-4-7-12)14-10-11-15(23)17(18(14)24)13-8-5-9-16(29-2)21(13)30-3/h5,8-12,26H,4,6-7,24-25H2,1-3H3,(H,27,28)/b20-19+. The molecule has 1 amide bonds. The Hall–Kier alpha value is -3.42. The number of nitrogens with two attached hydrogens (primary N) is 2. The largest absolute Gasteiger partial charge is 0.493 e. The molecule has 1 aliphatic rings. The number of hydrogen-bond acceptors (Lipinski definition) is 6. The van der Waals surface area contributed by atoms with Crippen LogP contribution in [0.1, 0.15) is 24.8 Å². The summed E-state index contributed by atoms with van der Waals surface area (Å²) in [4.78, 5) is 12.6. The number of carbonyl (C=O) groups is 1. The molecule has 6 N–H and O–H groups in total. The van der Waals surface area contributed by atoms with E-state index in [1.54, 1.807) is 25.2 Å². The molecule has 0 aliphatic heterocycles. The fraction of sp³-hybridized carbons (Fsp3) is 0.318. The average molecular weight is 414 g/mol. The van der Waals surface area contributed by atoms with Crippen LogP contribution in [0.25, 0.3) is 16.8 Å². The van der Waals surface area contributed by atoms with Crippen LogP contribution >= 0.6 is 0 Å². The Morgan fingerprint density at radius 1 is 1.17 bits per heavy atom. The molecule has 0 aromatic heterocycles. The maximum Gasteiger partial charge on any atom is 0.269 e. The van der Waals surface area contributed by atoms with Crippen LogP contribution in [0, 0.1) is 5.82 Å². The summed E-state index contributed by atoms with van der Waals surface area (Å²) in [6, 6.07) is 8.04. The molecule has 2 aromatic rings. The number of halogens is 1. The number of amides is 1. The summed E-state index contributed by atoms with van der Waals surface area (Å²) in [5, 5.41) is 5.83. The average Bonchev–Trinajstić information content (AvgIpc) is 2.72. The number of para-hydroxylation sites is 1. The Labute approximate surface area is 175 Å². The van der Waals surface area contributed by atoms with Crippen molar-refractivity contribution in [2.45, 2.75) is 25.3 Å². The highest BCUT2D eigenvalue weighted by Gasteiger charge is 2.25. The summed E-state index contributed by atoms with van der Waals surface area (Å²) in [6.45, 7) is 0. The van der Waals surface area contributed by atoms with Crippen molar-refractivity contribution in [1.29, 1.82) is 0 Å². The first-order chi connectivity index (χ1) is 14.4. The quantitative estimate of drug-likeness (QED) is 0.409. The molecule has 0 radical (unpaired) electrons. The molecule has 160 valence electrons. The van der Waals surface area contributed by atoms with E-state index < -0.39 is 5.82 Å². The van der Waals surface area contributed by atoms with Gasteiger partial charge < -0.3 is 31.6 Å². The van der Waals surface area contributed by atoms with Crippen molar-refractivity contribution in [2.24, 2.45) is 5.73 Å². The van der Waals surface area contributed by atoms with E-state index in [0.29, 0.717) is 28.3 Å². The van der Waals surface area contributed by atoms with Gasteiger partial charge in [-0.2, -0.15) is 0 Å². The van der Waals surface area contributed by atoms with E-state index in [-0.39, 0.29) is 28.9 Å². The number of nitrogens with one attached hydrogen (secondary N) is 2. The van der Waals surface area contributed by atoms with Gasteiger partial charge in [-0.05, 0) is 37.5 Å². The Morgan fingerprint density at radius 3 is 2.47 bits per heavy atom. The molecule has 3 rings (SSSR count). The molecule has 1 fully saturated rings. The van der Waals surface area contributed by atoms with Crippen molar-refractivity contribution >= 4 is 17.3 Å². The van der Waals surface area contributed by atoms with Gasteiger partial charge in [0.2, 0.25) is 0 Å². The van der Waals surface area contributed by atoms with Gasteiger partial charge >= 0.3 is 0 Å². The van der Waals surface area contributed by atoms with Gasteiger partial charge in [-0.15, -0.1) is 0 Å². The lowest BCUT2D eigenvalue weighted by Crippen LogP contribution is -2.42. The third-order valence-corrected chi connectivity index (χ3v) is 5.34. The van der Waals surface area contributed by atoms with Crippen LogP contribution < -0.4 is 31.6 Å². The zero-order valence-corrected chi connectivity index (χ0v) is 17.3. The maximum atomic E-state index is 14.9. The predicted molar refractivity (Wildman–Crippen MR) is 115 cm³/mol. The summed E-state index contributed by atoms with van der Waals surface area (Å²) < 4.78 is 25.7. The summed E-state index contributed by atoms with van der Waals surface area (Å²) >= 11 is 0. The van der Waals surface area contributed by atoms with Crippen molar-refractivity contribution in [1.82, 2.24) is 10.6 Å². The number of ether oxygens (including phenoxy) is 2. The van der Waals surface area contributed by atoms with Crippen molar-refractivity contribution < 1.29 is 18.7 Å². The van der Waals surface area contributed by atoms with Gasteiger partial charge in [0, 0.05) is 29.8 Å². The molecule has 0 spiro atoms. The van der Waals surface area contributed by atoms with Crippen LogP contribution in [-0.2, 0) is 4.79 Å². The van der Waals surface area contributed by atoms with E-state index in [2.05, 4.69) is 10.6 Å². The van der Waals surface area contributed by atoms with Crippen LogP contribution in [0.15, 0.2) is 36.0 Å². The number of methoxy groups -OCH3 is 2. The Balaban J connectivity index is 2.12. The van der Waals surface area contributed by atoms with Gasteiger partial charge in [-0.3, -0.25) is 4.79 Å². The molecule has 1 aliphatic carbocycles. The third-order valence-electron chi connectivity index (χ3n) is 5.34. The first kappa shape index (κ1) is 21.3. The minimum Gasteiger partial charge on any atom is -0.493 e. The van der Waals surface area contributed by atoms with Crippen LogP contribution in [-0.4, -0.2) is 33.2 Å². The Kier molecular flexibility index (Phi) is 6.34. The summed E-state index contributed by atoms with van der Waals surface area (Å²) in [5.74, 6) is -0.111. The zero-order valence-electron chi connectivity index (χ0n) is 17.3. The number of carbonyl (C=O) groups excluding carboxylic acids is 1.